The zero-order chi connectivity index (χ0) is 16.9. The summed E-state index contributed by atoms with van der Waals surface area (Å²) in [6.07, 6.45) is 0.430. The lowest BCUT2D eigenvalue weighted by molar-refractivity contribution is -0.121. The molecule has 5 nitrogen and oxygen atoms in total. The van der Waals surface area contributed by atoms with E-state index < -0.39 is 0 Å². The van der Waals surface area contributed by atoms with Gasteiger partial charge in [0.15, 0.2) is 5.78 Å². The van der Waals surface area contributed by atoms with Crippen LogP contribution in [0.3, 0.4) is 0 Å². The van der Waals surface area contributed by atoms with Gasteiger partial charge in [-0.15, -0.1) is 11.3 Å². The van der Waals surface area contributed by atoms with Gasteiger partial charge in [-0.3, -0.25) is 9.59 Å². The van der Waals surface area contributed by atoms with Gasteiger partial charge >= 0.3 is 0 Å². The van der Waals surface area contributed by atoms with Crippen molar-refractivity contribution >= 4 is 34.1 Å². The number of hydrogen-bond acceptors (Lipinski definition) is 4. The van der Waals surface area contributed by atoms with Gasteiger partial charge in [-0.1, -0.05) is 18.2 Å². The molecule has 0 unspecified atom stereocenters. The molecular formula is C18H19N3O2S. The van der Waals surface area contributed by atoms with E-state index in [0.29, 0.717) is 11.4 Å². The number of thiophene rings is 1. The Morgan fingerprint density at radius 2 is 2.00 bits per heavy atom. The predicted molar refractivity (Wildman–Crippen MR) is 95.1 cm³/mol. The van der Waals surface area contributed by atoms with Gasteiger partial charge < -0.3 is 9.88 Å². The first kappa shape index (κ1) is 16.4. The van der Waals surface area contributed by atoms with Gasteiger partial charge in [0, 0.05) is 19.4 Å². The molecule has 1 N–H and O–H groups in total. The van der Waals surface area contributed by atoms with Gasteiger partial charge in [0.1, 0.15) is 5.82 Å². The van der Waals surface area contributed by atoms with Crippen LogP contribution >= 0.6 is 11.3 Å². The molecule has 0 fully saturated rings. The average molecular weight is 341 g/mol. The van der Waals surface area contributed by atoms with Gasteiger partial charge in [-0.25, -0.2) is 4.98 Å². The largest absolute Gasteiger partial charge is 0.349 e. The van der Waals surface area contributed by atoms with Crippen molar-refractivity contribution < 1.29 is 9.59 Å². The van der Waals surface area contributed by atoms with Gasteiger partial charge in [-0.2, -0.15) is 0 Å². The molecule has 0 radical (unpaired) electrons. The fourth-order valence-corrected chi connectivity index (χ4v) is 3.36. The van der Waals surface area contributed by atoms with Gasteiger partial charge in [0.05, 0.1) is 22.5 Å². The minimum absolute atomic E-state index is 0.0148. The molecule has 3 aromatic rings. The first-order chi connectivity index (χ1) is 11.7. The summed E-state index contributed by atoms with van der Waals surface area (Å²) in [5.41, 5.74) is 1.99. The van der Waals surface area contributed by atoms with E-state index >= 15 is 0 Å². The molecule has 1 aromatic carbocycles. The summed E-state index contributed by atoms with van der Waals surface area (Å²) in [7, 11) is 0. The van der Waals surface area contributed by atoms with E-state index in [2.05, 4.69) is 21.8 Å². The second-order valence-electron chi connectivity index (χ2n) is 5.44. The topological polar surface area (TPSA) is 64.0 Å². The Labute approximate surface area is 144 Å². The molecule has 3 rings (SSSR count). The van der Waals surface area contributed by atoms with Crippen LogP contribution in [0, 0.1) is 0 Å². The van der Waals surface area contributed by atoms with E-state index in [4.69, 9.17) is 0 Å². The lowest BCUT2D eigenvalue weighted by Crippen LogP contribution is -2.25. The maximum absolute atomic E-state index is 12.0. The minimum atomic E-state index is -0.130. The number of benzene rings is 1. The second-order valence-corrected chi connectivity index (χ2v) is 6.39. The number of carbonyl (C=O) groups excluding carboxylic acids is 2. The number of amides is 1. The Bertz CT molecular complexity index is 852. The smallest absolute Gasteiger partial charge is 0.220 e. The monoisotopic (exact) mass is 341 g/mol. The Morgan fingerprint density at radius 3 is 2.75 bits per heavy atom. The number of hydrogen-bond donors (Lipinski definition) is 1. The van der Waals surface area contributed by atoms with Gasteiger partial charge in [0.25, 0.3) is 0 Å². The first-order valence-electron chi connectivity index (χ1n) is 7.96. The minimum Gasteiger partial charge on any atom is -0.349 e. The third kappa shape index (κ3) is 3.54. The highest BCUT2D eigenvalue weighted by Gasteiger charge is 2.12. The fourth-order valence-electron chi connectivity index (χ4n) is 2.67. The van der Waals surface area contributed by atoms with Crippen LogP contribution in [-0.4, -0.2) is 21.2 Å². The highest BCUT2D eigenvalue weighted by atomic mass is 32.1. The number of carbonyl (C=O) groups is 2. The zero-order valence-corrected chi connectivity index (χ0v) is 14.3. The van der Waals surface area contributed by atoms with Crippen LogP contribution < -0.4 is 5.32 Å². The molecule has 1 amide bonds. The van der Waals surface area contributed by atoms with Crippen molar-refractivity contribution in [2.75, 3.05) is 0 Å². The van der Waals surface area contributed by atoms with Crippen LogP contribution in [-0.2, 0) is 17.9 Å². The van der Waals surface area contributed by atoms with Crippen LogP contribution in [0.15, 0.2) is 41.8 Å². The number of Topliss-reactive ketones (excluding diaryl/α,β-unsaturated/α-hetero) is 1. The predicted octanol–water partition coefficient (Wildman–Crippen LogP) is 3.40. The van der Waals surface area contributed by atoms with Gasteiger partial charge in [0.2, 0.25) is 5.91 Å². The van der Waals surface area contributed by atoms with E-state index in [-0.39, 0.29) is 24.5 Å². The SMILES string of the molecule is CCn1c(CNC(=O)CCC(=O)c2cccs2)nc2ccccc21. The molecule has 0 saturated carbocycles. The average Bonchev–Trinajstić information content (AvgIpc) is 3.24. The van der Waals surface area contributed by atoms with Crippen LogP contribution in [0.4, 0.5) is 0 Å². The molecule has 0 bridgehead atoms. The van der Waals surface area contributed by atoms with E-state index in [9.17, 15) is 9.59 Å². The molecule has 6 heteroatoms. The van der Waals surface area contributed by atoms with E-state index in [1.54, 1.807) is 6.07 Å². The van der Waals surface area contributed by atoms with Crippen molar-refractivity contribution in [1.29, 1.82) is 0 Å². The lowest BCUT2D eigenvalue weighted by atomic mass is 10.2. The summed E-state index contributed by atoms with van der Waals surface area (Å²) in [5.74, 6) is 0.715. The van der Waals surface area contributed by atoms with E-state index in [0.717, 1.165) is 23.4 Å². The van der Waals surface area contributed by atoms with Crippen molar-refractivity contribution in [2.45, 2.75) is 32.9 Å². The molecule has 0 saturated heterocycles. The molecular weight excluding hydrogens is 322 g/mol. The number of aromatic nitrogens is 2. The summed E-state index contributed by atoms with van der Waals surface area (Å²) < 4.78 is 2.09. The third-order valence-electron chi connectivity index (χ3n) is 3.87. The molecule has 2 heterocycles. The highest BCUT2D eigenvalue weighted by Crippen LogP contribution is 2.16. The van der Waals surface area contributed by atoms with E-state index in [1.165, 1.54) is 11.3 Å². The van der Waals surface area contributed by atoms with Crippen LogP contribution in [0.25, 0.3) is 11.0 Å². The van der Waals surface area contributed by atoms with Crippen LogP contribution in [0.2, 0.25) is 0 Å². The fraction of sp³-hybridized carbons (Fsp3) is 0.278. The molecule has 24 heavy (non-hydrogen) atoms. The lowest BCUT2D eigenvalue weighted by Gasteiger charge is -2.07. The maximum Gasteiger partial charge on any atom is 0.220 e. The molecule has 2 aromatic heterocycles. The first-order valence-corrected chi connectivity index (χ1v) is 8.84. The van der Waals surface area contributed by atoms with E-state index in [1.807, 2.05) is 35.7 Å². The summed E-state index contributed by atoms with van der Waals surface area (Å²) in [4.78, 5) is 29.2. The van der Waals surface area contributed by atoms with Crippen molar-refractivity contribution in [2.24, 2.45) is 0 Å². The summed E-state index contributed by atoms with van der Waals surface area (Å²) in [6.45, 7) is 3.22. The van der Waals surface area contributed by atoms with Crippen molar-refractivity contribution in [1.82, 2.24) is 14.9 Å². The standard InChI is InChI=1S/C18H19N3O2S/c1-2-21-14-7-4-3-6-13(14)20-17(21)12-19-18(23)10-9-15(22)16-8-5-11-24-16/h3-8,11H,2,9-10,12H2,1H3,(H,19,23). The number of ketones is 1. The van der Waals surface area contributed by atoms with Crippen molar-refractivity contribution in [3.05, 3.63) is 52.5 Å². The Morgan fingerprint density at radius 1 is 1.17 bits per heavy atom. The quantitative estimate of drug-likeness (QED) is 0.670. The molecule has 0 spiro atoms. The Kier molecular flexibility index (Phi) is 5.05. The summed E-state index contributed by atoms with van der Waals surface area (Å²) in [6, 6.07) is 11.5. The molecule has 0 aliphatic carbocycles. The van der Waals surface area contributed by atoms with Gasteiger partial charge in [-0.05, 0) is 30.5 Å². The number of aryl methyl sites for hydroxylation is 1. The molecule has 0 atom stereocenters. The summed E-state index contributed by atoms with van der Waals surface area (Å²) >= 11 is 1.41. The van der Waals surface area contributed by atoms with Crippen molar-refractivity contribution in [3.63, 3.8) is 0 Å². The van der Waals surface area contributed by atoms with Crippen molar-refractivity contribution in [3.8, 4) is 0 Å². The number of nitrogens with zero attached hydrogens (tertiary/aromatic N) is 2. The zero-order valence-electron chi connectivity index (χ0n) is 13.5. The number of rotatable bonds is 7. The second kappa shape index (κ2) is 7.40. The van der Waals surface area contributed by atoms with Crippen LogP contribution in [0.1, 0.15) is 35.3 Å². The maximum atomic E-state index is 12.0. The molecule has 0 aliphatic rings. The normalized spacial score (nSPS) is 10.9. The van der Waals surface area contributed by atoms with Crippen LogP contribution in [0.5, 0.6) is 0 Å². The number of fused-ring (bicyclic) bond motifs is 1. The highest BCUT2D eigenvalue weighted by molar-refractivity contribution is 7.12. The number of para-hydroxylation sites is 2. The molecule has 0 aliphatic heterocycles. The molecule has 124 valence electrons. The summed E-state index contributed by atoms with van der Waals surface area (Å²) in [5, 5.41) is 4.73. The number of nitrogens with one attached hydrogen (secondary N) is 1. The Hall–Kier alpha value is -2.47. The Balaban J connectivity index is 1.57. The third-order valence-corrected chi connectivity index (χ3v) is 4.78. The number of imidazole rings is 1.